The molecule has 0 amide bonds. The molecule has 1 saturated heterocycles. The molecule has 37 heavy (non-hydrogen) atoms. The topological polar surface area (TPSA) is 60.0 Å². The Kier molecular flexibility index (Phi) is 12.7. The molecule has 7 heteroatoms. The van der Waals surface area contributed by atoms with Gasteiger partial charge < -0.3 is 19.5 Å². The van der Waals surface area contributed by atoms with Gasteiger partial charge in [0, 0.05) is 31.1 Å². The molecule has 2 aromatic rings. The predicted molar refractivity (Wildman–Crippen MR) is 150 cm³/mol. The van der Waals surface area contributed by atoms with Crippen LogP contribution >= 0.6 is 11.6 Å². The molecule has 2 fully saturated rings. The Hall–Kier alpha value is -2.12. The molecule has 1 atom stereocenters. The average molecular weight is 531 g/mol. The van der Waals surface area contributed by atoms with E-state index in [1.807, 2.05) is 55.6 Å². The maximum atomic E-state index is 12.2. The van der Waals surface area contributed by atoms with Gasteiger partial charge in [0.2, 0.25) is 0 Å². The van der Waals surface area contributed by atoms with Crippen molar-refractivity contribution in [3.63, 3.8) is 0 Å². The Bertz CT molecular complexity index is 933. The van der Waals surface area contributed by atoms with Crippen LogP contribution in [0.3, 0.4) is 0 Å². The van der Waals surface area contributed by atoms with Crippen molar-refractivity contribution in [1.82, 2.24) is 10.2 Å². The summed E-state index contributed by atoms with van der Waals surface area (Å²) in [5, 5.41) is 3.86. The summed E-state index contributed by atoms with van der Waals surface area (Å²) < 4.78 is 16.7. The molecule has 204 valence electrons. The summed E-state index contributed by atoms with van der Waals surface area (Å²) >= 11 is 6.20. The Morgan fingerprint density at radius 3 is 2.22 bits per heavy atom. The number of likely N-dealkylation sites (N-methyl/N-ethyl adjacent to an activating group) is 1. The zero-order valence-corrected chi connectivity index (χ0v) is 23.2. The molecule has 2 aromatic carbocycles. The number of nitrogens with zero attached hydrogens (tertiary/aromatic N) is 1. The number of rotatable bonds is 11. The van der Waals surface area contributed by atoms with Crippen LogP contribution in [0.2, 0.25) is 5.02 Å². The smallest absolute Gasteiger partial charge is 0.157 e. The van der Waals surface area contributed by atoms with Gasteiger partial charge in [0.05, 0.1) is 26.4 Å². The number of carbonyl (C=O) groups excluding carboxylic acids is 1. The van der Waals surface area contributed by atoms with Crippen molar-refractivity contribution in [2.24, 2.45) is 0 Å². The van der Waals surface area contributed by atoms with Gasteiger partial charge in [0.15, 0.2) is 5.78 Å². The van der Waals surface area contributed by atoms with Crippen LogP contribution in [0.25, 0.3) is 0 Å². The molecule has 1 unspecified atom stereocenters. The van der Waals surface area contributed by atoms with E-state index in [1.165, 1.54) is 0 Å². The van der Waals surface area contributed by atoms with Gasteiger partial charge in [-0.2, -0.15) is 0 Å². The van der Waals surface area contributed by atoms with Crippen molar-refractivity contribution in [3.05, 3.63) is 59.1 Å². The largest absolute Gasteiger partial charge is 0.494 e. The van der Waals surface area contributed by atoms with Gasteiger partial charge in [0.1, 0.15) is 17.0 Å². The molecule has 1 aliphatic heterocycles. The molecule has 4 rings (SSSR count). The van der Waals surface area contributed by atoms with Crippen LogP contribution in [0.15, 0.2) is 48.5 Å². The highest BCUT2D eigenvalue weighted by molar-refractivity contribution is 6.31. The van der Waals surface area contributed by atoms with Gasteiger partial charge in [0.25, 0.3) is 0 Å². The summed E-state index contributed by atoms with van der Waals surface area (Å²) in [5.41, 5.74) is 0.361. The number of unbranched alkanes of at least 4 members (excludes halogenated alkanes) is 1. The molecule has 1 N–H and O–H groups in total. The lowest BCUT2D eigenvalue weighted by Crippen LogP contribution is -2.49. The van der Waals surface area contributed by atoms with Gasteiger partial charge >= 0.3 is 0 Å². The van der Waals surface area contributed by atoms with Crippen molar-refractivity contribution < 1.29 is 19.0 Å². The average Bonchev–Trinajstić information content (AvgIpc) is 2.94. The van der Waals surface area contributed by atoms with E-state index in [1.54, 1.807) is 0 Å². The second-order valence-corrected chi connectivity index (χ2v) is 10.0. The van der Waals surface area contributed by atoms with Crippen LogP contribution in [0, 0.1) is 0 Å². The third kappa shape index (κ3) is 8.99. The molecule has 0 aromatic heterocycles. The fourth-order valence-corrected chi connectivity index (χ4v) is 5.09. The van der Waals surface area contributed by atoms with E-state index in [9.17, 15) is 4.79 Å². The summed E-state index contributed by atoms with van der Waals surface area (Å²) in [6.07, 6.45) is 6.85. The second kappa shape index (κ2) is 16.0. The van der Waals surface area contributed by atoms with E-state index in [0.717, 1.165) is 102 Å². The number of nitrogens with one attached hydrogen (secondary N) is 1. The number of ether oxygens (including phenoxy) is 3. The highest BCUT2D eigenvalue weighted by Crippen LogP contribution is 2.37. The number of benzene rings is 2. The molecular weight excluding hydrogens is 488 g/mol. The zero-order chi connectivity index (χ0) is 26.3. The number of carbonyl (C=O) groups is 1. The molecule has 0 bridgehead atoms. The molecule has 1 saturated carbocycles. The minimum atomic E-state index is -0.559. The van der Waals surface area contributed by atoms with Gasteiger partial charge in [-0.05, 0) is 68.6 Å². The Morgan fingerprint density at radius 2 is 1.62 bits per heavy atom. The maximum Gasteiger partial charge on any atom is 0.157 e. The van der Waals surface area contributed by atoms with E-state index >= 15 is 0 Å². The van der Waals surface area contributed by atoms with Gasteiger partial charge in [-0.25, -0.2) is 0 Å². The molecular formula is C30H43ClN2O4. The lowest BCUT2D eigenvalue weighted by atomic mass is 9.75. The van der Waals surface area contributed by atoms with Crippen LogP contribution in [0.1, 0.15) is 57.4 Å². The predicted octanol–water partition coefficient (Wildman–Crippen LogP) is 5.86. The summed E-state index contributed by atoms with van der Waals surface area (Å²) in [6, 6.07) is 15.5. The number of morpholine rings is 1. The highest BCUT2D eigenvalue weighted by Gasteiger charge is 2.41. The summed E-state index contributed by atoms with van der Waals surface area (Å²) in [6.45, 7) is 8.61. The SMILES string of the molecule is CCCCOc1ccc(OCCCN2CCOCC2)cc1.CNC1(c2ccccc2Cl)CCCCC1=O. The molecule has 1 heterocycles. The minimum Gasteiger partial charge on any atom is -0.494 e. The van der Waals surface area contributed by atoms with Gasteiger partial charge in [-0.1, -0.05) is 49.6 Å². The second-order valence-electron chi connectivity index (χ2n) is 9.59. The summed E-state index contributed by atoms with van der Waals surface area (Å²) in [4.78, 5) is 14.6. The first-order valence-corrected chi connectivity index (χ1v) is 14.1. The Morgan fingerprint density at radius 1 is 0.973 bits per heavy atom. The van der Waals surface area contributed by atoms with Crippen molar-refractivity contribution in [2.45, 2.75) is 57.4 Å². The normalized spacial score (nSPS) is 20.1. The first-order valence-electron chi connectivity index (χ1n) is 13.7. The first-order chi connectivity index (χ1) is 18.1. The maximum absolute atomic E-state index is 12.2. The Balaban J connectivity index is 0.000000213. The Labute approximate surface area is 227 Å². The van der Waals surface area contributed by atoms with E-state index in [2.05, 4.69) is 17.1 Å². The number of hydrogen-bond acceptors (Lipinski definition) is 6. The fourth-order valence-electron chi connectivity index (χ4n) is 4.79. The molecule has 0 spiro atoms. The van der Waals surface area contributed by atoms with E-state index in [-0.39, 0.29) is 5.78 Å². The highest BCUT2D eigenvalue weighted by atomic mass is 35.5. The first kappa shape index (κ1) is 29.4. The summed E-state index contributed by atoms with van der Waals surface area (Å²) in [7, 11) is 1.84. The molecule has 2 aliphatic rings. The van der Waals surface area contributed by atoms with E-state index < -0.39 is 5.54 Å². The molecule has 1 aliphatic carbocycles. The molecule has 0 radical (unpaired) electrons. The van der Waals surface area contributed by atoms with Crippen LogP contribution in [0.4, 0.5) is 0 Å². The van der Waals surface area contributed by atoms with Crippen LogP contribution in [0.5, 0.6) is 11.5 Å². The van der Waals surface area contributed by atoms with E-state index in [0.29, 0.717) is 11.4 Å². The van der Waals surface area contributed by atoms with Gasteiger partial charge in [-0.3, -0.25) is 9.69 Å². The zero-order valence-electron chi connectivity index (χ0n) is 22.5. The third-order valence-corrected chi connectivity index (χ3v) is 7.35. The standard InChI is InChI=1S/C17H27NO3.C13H16ClNO/c1-2-3-12-20-16-5-7-17(8-6-16)21-13-4-9-18-10-14-19-15-11-18;1-15-13(9-5-4-8-12(13)16)10-6-2-3-7-11(10)14/h5-8H,2-4,9-15H2,1H3;2-3,6-7,15H,4-5,8-9H2,1H3. The molecule has 6 nitrogen and oxygen atoms in total. The monoisotopic (exact) mass is 530 g/mol. The van der Waals surface area contributed by atoms with Crippen molar-refractivity contribution in [2.75, 3.05) is 53.1 Å². The number of hydrogen-bond donors (Lipinski definition) is 1. The van der Waals surface area contributed by atoms with E-state index in [4.69, 9.17) is 25.8 Å². The van der Waals surface area contributed by atoms with Crippen LogP contribution < -0.4 is 14.8 Å². The lowest BCUT2D eigenvalue weighted by molar-refractivity contribution is -0.127. The van der Waals surface area contributed by atoms with Crippen LogP contribution in [-0.2, 0) is 15.1 Å². The minimum absolute atomic E-state index is 0.259. The van der Waals surface area contributed by atoms with Crippen molar-refractivity contribution >= 4 is 17.4 Å². The lowest BCUT2D eigenvalue weighted by Gasteiger charge is -2.36. The fraction of sp³-hybridized carbons (Fsp3) is 0.567. The number of Topliss-reactive ketones (excluding diaryl/α,β-unsaturated/α-hetero) is 1. The quantitative estimate of drug-likeness (QED) is 0.367. The van der Waals surface area contributed by atoms with Crippen LogP contribution in [-0.4, -0.2) is 63.8 Å². The third-order valence-electron chi connectivity index (χ3n) is 7.02. The van der Waals surface area contributed by atoms with Gasteiger partial charge in [-0.15, -0.1) is 0 Å². The number of ketones is 1. The van der Waals surface area contributed by atoms with Crippen molar-refractivity contribution in [3.8, 4) is 11.5 Å². The van der Waals surface area contributed by atoms with Crippen molar-refractivity contribution in [1.29, 1.82) is 0 Å². The number of halogens is 1. The summed E-state index contributed by atoms with van der Waals surface area (Å²) in [5.74, 6) is 2.10.